The number of nitrogens with zero attached hydrogens (tertiary/aromatic N) is 1. The molecule has 0 aromatic heterocycles. The number of sulfonamides is 1. The van der Waals surface area contributed by atoms with Crippen molar-refractivity contribution in [2.24, 2.45) is 5.73 Å². The topological polar surface area (TPSA) is 75.4 Å². The Morgan fingerprint density at radius 3 is 2.37 bits per heavy atom. The molecule has 1 atom stereocenters. The monoisotopic (exact) mass is 285 g/mol. The maximum absolute atomic E-state index is 11.9. The third-order valence-electron chi connectivity index (χ3n) is 2.69. The van der Waals surface area contributed by atoms with Crippen LogP contribution in [-0.4, -0.2) is 34.6 Å². The van der Waals surface area contributed by atoms with Crippen LogP contribution in [0.3, 0.4) is 0 Å². The van der Waals surface area contributed by atoms with Gasteiger partial charge in [-0.25, -0.2) is 13.1 Å². The van der Waals surface area contributed by atoms with Crippen LogP contribution in [0.15, 0.2) is 29.2 Å². The van der Waals surface area contributed by atoms with E-state index in [2.05, 4.69) is 4.72 Å². The van der Waals surface area contributed by atoms with Gasteiger partial charge in [-0.05, 0) is 37.6 Å². The lowest BCUT2D eigenvalue weighted by Crippen LogP contribution is -2.32. The second-order valence-electron chi connectivity index (χ2n) is 4.75. The van der Waals surface area contributed by atoms with Crippen LogP contribution >= 0.6 is 0 Å². The van der Waals surface area contributed by atoms with Crippen LogP contribution in [0.2, 0.25) is 0 Å². The molecule has 0 fully saturated rings. The van der Waals surface area contributed by atoms with Crippen molar-refractivity contribution < 1.29 is 8.42 Å². The zero-order chi connectivity index (χ0) is 14.5. The highest BCUT2D eigenvalue weighted by atomic mass is 32.2. The van der Waals surface area contributed by atoms with E-state index >= 15 is 0 Å². The first kappa shape index (κ1) is 15.9. The molecule has 0 spiro atoms. The van der Waals surface area contributed by atoms with Gasteiger partial charge in [0.25, 0.3) is 0 Å². The Kier molecular flexibility index (Phi) is 5.78. The molecule has 0 amide bonds. The lowest BCUT2D eigenvalue weighted by molar-refractivity contribution is 0.581. The second kappa shape index (κ2) is 6.88. The average Bonchev–Trinajstić information content (AvgIpc) is 2.36. The quantitative estimate of drug-likeness (QED) is 0.788. The highest BCUT2D eigenvalue weighted by Crippen LogP contribution is 2.17. The van der Waals surface area contributed by atoms with Crippen molar-refractivity contribution in [1.82, 2.24) is 4.72 Å². The smallest absolute Gasteiger partial charge is 0.240 e. The number of rotatable bonds is 7. The molecule has 1 unspecified atom stereocenters. The van der Waals surface area contributed by atoms with Crippen LogP contribution in [-0.2, 0) is 10.0 Å². The van der Waals surface area contributed by atoms with Gasteiger partial charge in [0.15, 0.2) is 0 Å². The first-order valence-corrected chi connectivity index (χ1v) is 7.91. The zero-order valence-corrected chi connectivity index (χ0v) is 12.6. The zero-order valence-electron chi connectivity index (χ0n) is 11.8. The number of hydrogen-bond donors (Lipinski definition) is 2. The Balaban J connectivity index is 2.81. The minimum absolute atomic E-state index is 0.0691. The molecule has 1 aromatic rings. The van der Waals surface area contributed by atoms with Crippen molar-refractivity contribution in [3.05, 3.63) is 24.3 Å². The number of likely N-dealkylation sites (N-methyl/N-ethyl adjacent to an activating group) is 1. The maximum atomic E-state index is 11.9. The summed E-state index contributed by atoms with van der Waals surface area (Å²) in [6.45, 7) is 5.04. The fourth-order valence-electron chi connectivity index (χ4n) is 1.74. The fraction of sp³-hybridized carbons (Fsp3) is 0.538. The molecule has 0 bridgehead atoms. The molecule has 5 nitrogen and oxygen atoms in total. The predicted molar refractivity (Wildman–Crippen MR) is 78.8 cm³/mol. The molecule has 1 aromatic carbocycles. The molecule has 0 saturated heterocycles. The number of hydrogen-bond acceptors (Lipinski definition) is 4. The van der Waals surface area contributed by atoms with E-state index in [1.54, 1.807) is 24.3 Å². The minimum Gasteiger partial charge on any atom is -0.373 e. The molecule has 0 heterocycles. The van der Waals surface area contributed by atoms with Crippen LogP contribution in [0, 0.1) is 0 Å². The summed E-state index contributed by atoms with van der Waals surface area (Å²) >= 11 is 0. The summed E-state index contributed by atoms with van der Waals surface area (Å²) < 4.78 is 26.4. The van der Waals surface area contributed by atoms with Gasteiger partial charge in [0.2, 0.25) is 10.0 Å². The van der Waals surface area contributed by atoms with Crippen molar-refractivity contribution in [2.45, 2.75) is 31.2 Å². The summed E-state index contributed by atoms with van der Waals surface area (Å²) in [4.78, 5) is 2.29. The average molecular weight is 285 g/mol. The standard InChI is InChI=1S/C13H23N3O2S/c1-4-9-15-19(17,18)13-7-5-12(6-8-13)16(3)10-11(2)14/h5-8,11,15H,4,9-10,14H2,1-3H3. The van der Waals surface area contributed by atoms with Gasteiger partial charge in [-0.2, -0.15) is 0 Å². The molecular weight excluding hydrogens is 262 g/mol. The SMILES string of the molecule is CCCNS(=O)(=O)c1ccc(N(C)CC(C)N)cc1. The lowest BCUT2D eigenvalue weighted by atomic mass is 10.2. The molecule has 3 N–H and O–H groups in total. The van der Waals surface area contributed by atoms with E-state index in [4.69, 9.17) is 5.73 Å². The molecule has 0 aliphatic rings. The van der Waals surface area contributed by atoms with Crippen molar-refractivity contribution >= 4 is 15.7 Å². The summed E-state index contributed by atoms with van der Waals surface area (Å²) in [5, 5.41) is 0. The molecule has 0 aliphatic carbocycles. The van der Waals surface area contributed by atoms with Crippen LogP contribution in [0.4, 0.5) is 5.69 Å². The summed E-state index contributed by atoms with van der Waals surface area (Å²) in [7, 11) is -1.45. The fourth-order valence-corrected chi connectivity index (χ4v) is 2.87. The van der Waals surface area contributed by atoms with Gasteiger partial charge in [-0.1, -0.05) is 6.92 Å². The summed E-state index contributed by atoms with van der Waals surface area (Å²) in [5.74, 6) is 0. The van der Waals surface area contributed by atoms with Crippen molar-refractivity contribution in [2.75, 3.05) is 25.0 Å². The summed E-state index contributed by atoms with van der Waals surface area (Å²) in [5.41, 5.74) is 6.69. The van der Waals surface area contributed by atoms with Gasteiger partial charge >= 0.3 is 0 Å². The Bertz CT molecular complexity index is 483. The molecule has 6 heteroatoms. The van der Waals surface area contributed by atoms with E-state index in [1.807, 2.05) is 25.8 Å². The van der Waals surface area contributed by atoms with Gasteiger partial charge < -0.3 is 10.6 Å². The van der Waals surface area contributed by atoms with Crippen LogP contribution in [0.25, 0.3) is 0 Å². The molecular formula is C13H23N3O2S. The van der Waals surface area contributed by atoms with Gasteiger partial charge in [-0.15, -0.1) is 0 Å². The highest BCUT2D eigenvalue weighted by molar-refractivity contribution is 7.89. The van der Waals surface area contributed by atoms with E-state index in [9.17, 15) is 8.42 Å². The molecule has 0 radical (unpaired) electrons. The number of benzene rings is 1. The molecule has 0 aliphatic heterocycles. The normalized spacial score (nSPS) is 13.3. The van der Waals surface area contributed by atoms with E-state index in [0.717, 1.165) is 18.7 Å². The van der Waals surface area contributed by atoms with Crippen LogP contribution in [0.5, 0.6) is 0 Å². The third-order valence-corrected chi connectivity index (χ3v) is 4.17. The maximum Gasteiger partial charge on any atom is 0.240 e. The highest BCUT2D eigenvalue weighted by Gasteiger charge is 2.13. The Morgan fingerprint density at radius 2 is 1.89 bits per heavy atom. The van der Waals surface area contributed by atoms with Crippen molar-refractivity contribution in [3.8, 4) is 0 Å². The van der Waals surface area contributed by atoms with Gasteiger partial charge in [0.05, 0.1) is 4.90 Å². The predicted octanol–water partition coefficient (Wildman–Crippen LogP) is 1.16. The number of nitrogens with two attached hydrogens (primary N) is 1. The first-order chi connectivity index (χ1) is 8.86. The Labute approximate surface area is 115 Å². The van der Waals surface area contributed by atoms with E-state index in [0.29, 0.717) is 11.4 Å². The van der Waals surface area contributed by atoms with E-state index in [-0.39, 0.29) is 6.04 Å². The van der Waals surface area contributed by atoms with Crippen molar-refractivity contribution in [1.29, 1.82) is 0 Å². The van der Waals surface area contributed by atoms with Crippen molar-refractivity contribution in [3.63, 3.8) is 0 Å². The van der Waals surface area contributed by atoms with Crippen LogP contribution in [0.1, 0.15) is 20.3 Å². The third kappa shape index (κ3) is 4.81. The summed E-state index contributed by atoms with van der Waals surface area (Å²) in [6, 6.07) is 6.89. The van der Waals surface area contributed by atoms with Gasteiger partial charge in [0, 0.05) is 31.9 Å². The Hall–Kier alpha value is -1.11. The minimum atomic E-state index is -3.38. The largest absolute Gasteiger partial charge is 0.373 e. The molecule has 1 rings (SSSR count). The van der Waals surface area contributed by atoms with Gasteiger partial charge in [0.1, 0.15) is 0 Å². The molecule has 108 valence electrons. The number of anilines is 1. The number of nitrogens with one attached hydrogen (secondary N) is 1. The summed E-state index contributed by atoms with van der Waals surface area (Å²) in [6.07, 6.45) is 0.772. The van der Waals surface area contributed by atoms with E-state index in [1.165, 1.54) is 0 Å². The van der Waals surface area contributed by atoms with Gasteiger partial charge in [-0.3, -0.25) is 0 Å². The Morgan fingerprint density at radius 1 is 1.32 bits per heavy atom. The molecule has 0 saturated carbocycles. The van der Waals surface area contributed by atoms with E-state index < -0.39 is 10.0 Å². The van der Waals surface area contributed by atoms with Crippen LogP contribution < -0.4 is 15.4 Å². The first-order valence-electron chi connectivity index (χ1n) is 6.43. The second-order valence-corrected chi connectivity index (χ2v) is 6.52. The lowest BCUT2D eigenvalue weighted by Gasteiger charge is -2.21. The molecule has 19 heavy (non-hydrogen) atoms.